The molecule has 104 valence electrons. The minimum atomic E-state index is -1.04. The van der Waals surface area contributed by atoms with Crippen molar-refractivity contribution in [1.82, 2.24) is 5.32 Å². The number of carbonyl (C=O) groups is 2. The number of aryl methyl sites for hydroxylation is 1. The molecule has 0 saturated heterocycles. The van der Waals surface area contributed by atoms with Crippen LogP contribution in [0.4, 0.5) is 10.5 Å². The third kappa shape index (κ3) is 3.61. The van der Waals surface area contributed by atoms with Crippen LogP contribution in [0.5, 0.6) is 0 Å². The lowest BCUT2D eigenvalue weighted by Gasteiger charge is -2.07. The van der Waals surface area contributed by atoms with Crippen LogP contribution in [0.15, 0.2) is 40.8 Å². The monoisotopic (exact) mass is 274 g/mol. The van der Waals surface area contributed by atoms with E-state index >= 15 is 0 Å². The number of nitrogens with one attached hydrogen (secondary N) is 2. The molecule has 0 saturated carbocycles. The van der Waals surface area contributed by atoms with Gasteiger partial charge in [-0.15, -0.1) is 0 Å². The molecule has 0 spiro atoms. The van der Waals surface area contributed by atoms with Gasteiger partial charge < -0.3 is 20.2 Å². The fourth-order valence-corrected chi connectivity index (χ4v) is 1.65. The Morgan fingerprint density at radius 3 is 2.70 bits per heavy atom. The lowest BCUT2D eigenvalue weighted by molar-refractivity contribution is 0.0697. The third-order valence-electron chi connectivity index (χ3n) is 2.59. The predicted molar refractivity (Wildman–Crippen MR) is 72.7 cm³/mol. The smallest absolute Gasteiger partial charge is 0.335 e. The van der Waals surface area contributed by atoms with Gasteiger partial charge in [0.25, 0.3) is 0 Å². The first-order valence-electron chi connectivity index (χ1n) is 5.98. The maximum Gasteiger partial charge on any atom is 0.335 e. The van der Waals surface area contributed by atoms with E-state index < -0.39 is 12.0 Å². The Bertz CT molecular complexity index is 634. The molecule has 0 aliphatic rings. The van der Waals surface area contributed by atoms with Crippen LogP contribution in [0.3, 0.4) is 0 Å². The number of carboxylic acid groups (broad SMARTS) is 1. The molecule has 6 nitrogen and oxygen atoms in total. The van der Waals surface area contributed by atoms with Gasteiger partial charge in [0.2, 0.25) is 0 Å². The topological polar surface area (TPSA) is 91.6 Å². The summed E-state index contributed by atoms with van der Waals surface area (Å²) in [6.45, 7) is 2.08. The van der Waals surface area contributed by atoms with Crippen molar-refractivity contribution in [2.45, 2.75) is 13.5 Å². The highest BCUT2D eigenvalue weighted by molar-refractivity contribution is 5.93. The predicted octanol–water partition coefficient (Wildman–Crippen LogP) is 2.61. The number of carboxylic acids is 1. The second-order valence-corrected chi connectivity index (χ2v) is 4.21. The van der Waals surface area contributed by atoms with Crippen molar-refractivity contribution in [3.63, 3.8) is 0 Å². The number of anilines is 1. The Morgan fingerprint density at radius 2 is 2.05 bits per heavy atom. The minimum Gasteiger partial charge on any atom is -0.478 e. The molecule has 0 fully saturated rings. The summed E-state index contributed by atoms with van der Waals surface area (Å²) in [6.07, 6.45) is 0. The van der Waals surface area contributed by atoms with Crippen LogP contribution in [0.1, 0.15) is 21.9 Å². The summed E-state index contributed by atoms with van der Waals surface area (Å²) in [7, 11) is 0. The summed E-state index contributed by atoms with van der Waals surface area (Å²) >= 11 is 0. The zero-order chi connectivity index (χ0) is 14.5. The van der Waals surface area contributed by atoms with Gasteiger partial charge in [0, 0.05) is 5.69 Å². The fraction of sp³-hybridized carbons (Fsp3) is 0.143. The van der Waals surface area contributed by atoms with Crippen molar-refractivity contribution in [2.75, 3.05) is 5.32 Å². The van der Waals surface area contributed by atoms with Gasteiger partial charge in [0.1, 0.15) is 11.5 Å². The van der Waals surface area contributed by atoms with Crippen LogP contribution in [-0.2, 0) is 6.54 Å². The summed E-state index contributed by atoms with van der Waals surface area (Å²) < 4.78 is 5.31. The van der Waals surface area contributed by atoms with Gasteiger partial charge in [-0.2, -0.15) is 0 Å². The normalized spacial score (nSPS) is 10.1. The van der Waals surface area contributed by atoms with Crippen molar-refractivity contribution < 1.29 is 19.1 Å². The summed E-state index contributed by atoms with van der Waals surface area (Å²) in [4.78, 5) is 22.5. The van der Waals surface area contributed by atoms with Gasteiger partial charge in [-0.1, -0.05) is 6.07 Å². The average molecular weight is 274 g/mol. The molecule has 2 rings (SSSR count). The van der Waals surface area contributed by atoms with E-state index in [2.05, 4.69) is 10.6 Å². The zero-order valence-electron chi connectivity index (χ0n) is 10.8. The van der Waals surface area contributed by atoms with Gasteiger partial charge in [-0.25, -0.2) is 9.59 Å². The maximum atomic E-state index is 11.7. The highest BCUT2D eigenvalue weighted by Gasteiger charge is 2.06. The number of urea groups is 1. The first-order chi connectivity index (χ1) is 9.54. The molecule has 3 N–H and O–H groups in total. The molecule has 0 atom stereocenters. The summed E-state index contributed by atoms with van der Waals surface area (Å²) in [5.41, 5.74) is 0.530. The maximum absolute atomic E-state index is 11.7. The molecule has 0 bridgehead atoms. The highest BCUT2D eigenvalue weighted by atomic mass is 16.4. The van der Waals surface area contributed by atoms with Gasteiger partial charge in [-0.3, -0.25) is 0 Å². The Morgan fingerprint density at radius 1 is 1.25 bits per heavy atom. The highest BCUT2D eigenvalue weighted by Crippen LogP contribution is 2.11. The van der Waals surface area contributed by atoms with Crippen LogP contribution in [0, 0.1) is 6.92 Å². The molecular formula is C14H14N2O4. The zero-order valence-corrected chi connectivity index (χ0v) is 10.8. The van der Waals surface area contributed by atoms with Crippen molar-refractivity contribution in [3.8, 4) is 0 Å². The molecule has 1 aromatic carbocycles. The first kappa shape index (κ1) is 13.7. The quantitative estimate of drug-likeness (QED) is 0.799. The van der Waals surface area contributed by atoms with Crippen molar-refractivity contribution in [1.29, 1.82) is 0 Å². The molecule has 0 aliphatic heterocycles. The minimum absolute atomic E-state index is 0.115. The van der Waals surface area contributed by atoms with E-state index in [-0.39, 0.29) is 12.1 Å². The second-order valence-electron chi connectivity index (χ2n) is 4.21. The largest absolute Gasteiger partial charge is 0.478 e. The van der Waals surface area contributed by atoms with Crippen LogP contribution >= 0.6 is 0 Å². The molecule has 1 aromatic heterocycles. The Kier molecular flexibility index (Phi) is 4.05. The molecule has 2 amide bonds. The Labute approximate surface area is 115 Å². The van der Waals surface area contributed by atoms with E-state index in [1.165, 1.54) is 12.1 Å². The van der Waals surface area contributed by atoms with Crippen molar-refractivity contribution >= 4 is 17.7 Å². The van der Waals surface area contributed by atoms with Crippen LogP contribution in [0.2, 0.25) is 0 Å². The van der Waals surface area contributed by atoms with Gasteiger partial charge in [-0.05, 0) is 37.3 Å². The Hall–Kier alpha value is -2.76. The second kappa shape index (κ2) is 5.92. The summed E-state index contributed by atoms with van der Waals surface area (Å²) in [5.74, 6) is 0.383. The lowest BCUT2D eigenvalue weighted by Crippen LogP contribution is -2.28. The number of hydrogen-bond acceptors (Lipinski definition) is 3. The molecule has 2 aromatic rings. The van der Waals surface area contributed by atoms with E-state index in [0.717, 1.165) is 5.76 Å². The number of furan rings is 1. The number of benzene rings is 1. The van der Waals surface area contributed by atoms with E-state index in [1.54, 1.807) is 18.2 Å². The van der Waals surface area contributed by atoms with Crippen molar-refractivity contribution in [3.05, 3.63) is 53.5 Å². The number of hydrogen-bond donors (Lipinski definition) is 3. The molecule has 1 heterocycles. The molecule has 0 unspecified atom stereocenters. The summed E-state index contributed by atoms with van der Waals surface area (Å²) in [6, 6.07) is 9.18. The van der Waals surface area contributed by atoms with Crippen LogP contribution in [0.25, 0.3) is 0 Å². The van der Waals surface area contributed by atoms with Crippen LogP contribution in [-0.4, -0.2) is 17.1 Å². The first-order valence-corrected chi connectivity index (χ1v) is 5.98. The standard InChI is InChI=1S/C14H14N2O4/c1-9-5-6-12(20-9)8-15-14(19)16-11-4-2-3-10(7-11)13(17)18/h2-7H,8H2,1H3,(H,17,18)(H2,15,16,19). The van der Waals surface area contributed by atoms with Crippen LogP contribution < -0.4 is 10.6 Å². The number of aromatic carboxylic acids is 1. The Balaban J connectivity index is 1.91. The average Bonchev–Trinajstić information content (AvgIpc) is 2.82. The van der Waals surface area contributed by atoms with E-state index in [0.29, 0.717) is 11.4 Å². The molecular weight excluding hydrogens is 260 g/mol. The molecule has 0 radical (unpaired) electrons. The van der Waals surface area contributed by atoms with E-state index in [9.17, 15) is 9.59 Å². The molecule has 0 aliphatic carbocycles. The van der Waals surface area contributed by atoms with Gasteiger partial charge in [0.05, 0.1) is 12.1 Å². The van der Waals surface area contributed by atoms with E-state index in [4.69, 9.17) is 9.52 Å². The van der Waals surface area contributed by atoms with Gasteiger partial charge >= 0.3 is 12.0 Å². The number of carbonyl (C=O) groups excluding carboxylic acids is 1. The van der Waals surface area contributed by atoms with Crippen molar-refractivity contribution in [2.24, 2.45) is 0 Å². The SMILES string of the molecule is Cc1ccc(CNC(=O)Nc2cccc(C(=O)O)c2)o1. The van der Waals surface area contributed by atoms with E-state index in [1.807, 2.05) is 13.0 Å². The third-order valence-corrected chi connectivity index (χ3v) is 2.59. The molecule has 20 heavy (non-hydrogen) atoms. The number of amides is 2. The fourth-order valence-electron chi connectivity index (χ4n) is 1.65. The number of rotatable bonds is 4. The summed E-state index contributed by atoms with van der Waals surface area (Å²) in [5, 5.41) is 14.0. The lowest BCUT2D eigenvalue weighted by atomic mass is 10.2. The van der Waals surface area contributed by atoms with Gasteiger partial charge in [0.15, 0.2) is 0 Å². The molecule has 6 heteroatoms.